The predicted molar refractivity (Wildman–Crippen MR) is 141 cm³/mol. The van der Waals surface area contributed by atoms with Crippen LogP contribution in [0.2, 0.25) is 0 Å². The van der Waals surface area contributed by atoms with Gasteiger partial charge in [-0.25, -0.2) is 4.98 Å². The second-order valence-electron chi connectivity index (χ2n) is 8.18. The lowest BCUT2D eigenvalue weighted by Gasteiger charge is -2.05. The van der Waals surface area contributed by atoms with E-state index in [9.17, 15) is 9.59 Å². The van der Waals surface area contributed by atoms with Gasteiger partial charge < -0.3 is 9.73 Å². The topological polar surface area (TPSA) is 72.2 Å². The number of amides is 1. The number of aromatic nitrogens is 1. The molecular formula is C29H22N2O3S. The highest BCUT2D eigenvalue weighted by atomic mass is 32.1. The maximum absolute atomic E-state index is 12.7. The van der Waals surface area contributed by atoms with Gasteiger partial charge in [0.05, 0.1) is 16.6 Å². The molecule has 5 rings (SSSR count). The SMILES string of the molecule is Cc1ccc2occ(/C=C/C(=O)NCc3cccc(-c4nc(-c5ccccc5)cs4)c3)c(=O)c2c1. The molecular weight excluding hydrogens is 456 g/mol. The normalized spacial score (nSPS) is 11.2. The van der Waals surface area contributed by atoms with Gasteiger partial charge in [0.1, 0.15) is 16.9 Å². The van der Waals surface area contributed by atoms with Crippen molar-refractivity contribution in [3.05, 3.63) is 117 Å². The van der Waals surface area contributed by atoms with Gasteiger partial charge in [0.25, 0.3) is 0 Å². The monoisotopic (exact) mass is 478 g/mol. The van der Waals surface area contributed by atoms with E-state index in [1.54, 1.807) is 23.5 Å². The molecule has 2 aromatic heterocycles. The maximum atomic E-state index is 12.7. The lowest BCUT2D eigenvalue weighted by atomic mass is 10.1. The summed E-state index contributed by atoms with van der Waals surface area (Å²) in [4.78, 5) is 29.8. The first-order chi connectivity index (χ1) is 17.1. The van der Waals surface area contributed by atoms with Gasteiger partial charge in [0, 0.05) is 29.1 Å². The molecule has 0 radical (unpaired) electrons. The second kappa shape index (κ2) is 9.91. The van der Waals surface area contributed by atoms with Crippen LogP contribution in [0.5, 0.6) is 0 Å². The van der Waals surface area contributed by atoms with E-state index < -0.39 is 0 Å². The van der Waals surface area contributed by atoms with E-state index >= 15 is 0 Å². The average Bonchev–Trinajstić information content (AvgIpc) is 3.39. The van der Waals surface area contributed by atoms with Crippen molar-refractivity contribution in [2.75, 3.05) is 0 Å². The van der Waals surface area contributed by atoms with Crippen LogP contribution in [0.1, 0.15) is 16.7 Å². The average molecular weight is 479 g/mol. The molecule has 0 unspecified atom stereocenters. The van der Waals surface area contributed by atoms with Crippen molar-refractivity contribution in [3.8, 4) is 21.8 Å². The van der Waals surface area contributed by atoms with Crippen molar-refractivity contribution in [2.45, 2.75) is 13.5 Å². The van der Waals surface area contributed by atoms with E-state index in [0.29, 0.717) is 23.1 Å². The molecule has 0 spiro atoms. The van der Waals surface area contributed by atoms with Crippen LogP contribution in [0.3, 0.4) is 0 Å². The molecule has 1 N–H and O–H groups in total. The van der Waals surface area contributed by atoms with Gasteiger partial charge in [-0.05, 0) is 36.8 Å². The molecule has 0 aliphatic rings. The summed E-state index contributed by atoms with van der Waals surface area (Å²) < 4.78 is 5.54. The van der Waals surface area contributed by atoms with Gasteiger partial charge in [-0.1, -0.05) is 60.2 Å². The first-order valence-electron chi connectivity index (χ1n) is 11.2. The van der Waals surface area contributed by atoms with Crippen LogP contribution in [0.4, 0.5) is 0 Å². The van der Waals surface area contributed by atoms with Crippen LogP contribution in [0, 0.1) is 6.92 Å². The summed E-state index contributed by atoms with van der Waals surface area (Å²) in [6.45, 7) is 2.28. The molecule has 2 heterocycles. The maximum Gasteiger partial charge on any atom is 0.244 e. The summed E-state index contributed by atoms with van der Waals surface area (Å²) in [6.07, 6.45) is 4.22. The highest BCUT2D eigenvalue weighted by molar-refractivity contribution is 7.13. The van der Waals surface area contributed by atoms with Crippen molar-refractivity contribution in [2.24, 2.45) is 0 Å². The third-order valence-corrected chi connectivity index (χ3v) is 6.47. The van der Waals surface area contributed by atoms with Crippen molar-refractivity contribution in [1.82, 2.24) is 10.3 Å². The minimum Gasteiger partial charge on any atom is -0.463 e. The molecule has 5 nitrogen and oxygen atoms in total. The first-order valence-corrected chi connectivity index (χ1v) is 12.0. The number of fused-ring (bicyclic) bond motifs is 1. The Morgan fingerprint density at radius 2 is 1.86 bits per heavy atom. The molecule has 3 aromatic carbocycles. The number of carbonyl (C=O) groups excluding carboxylic acids is 1. The largest absolute Gasteiger partial charge is 0.463 e. The van der Waals surface area contributed by atoms with Crippen LogP contribution in [0.25, 0.3) is 38.9 Å². The smallest absolute Gasteiger partial charge is 0.244 e. The molecule has 0 atom stereocenters. The molecule has 0 fully saturated rings. The van der Waals surface area contributed by atoms with Gasteiger partial charge in [-0.15, -0.1) is 11.3 Å². The van der Waals surface area contributed by atoms with Crippen molar-refractivity contribution in [1.29, 1.82) is 0 Å². The number of hydrogen-bond acceptors (Lipinski definition) is 5. The molecule has 0 saturated carbocycles. The van der Waals surface area contributed by atoms with E-state index in [4.69, 9.17) is 9.40 Å². The summed E-state index contributed by atoms with van der Waals surface area (Å²) >= 11 is 1.59. The third-order valence-electron chi connectivity index (χ3n) is 5.58. The molecule has 0 aliphatic carbocycles. The zero-order valence-electron chi connectivity index (χ0n) is 19.0. The fourth-order valence-corrected chi connectivity index (χ4v) is 4.58. The number of rotatable bonds is 6. The first kappa shape index (κ1) is 22.5. The standard InChI is InChI=1S/C29H22N2O3S/c1-19-10-12-26-24(14-19)28(33)23(17-34-26)11-13-27(32)30-16-20-6-5-9-22(15-20)29-31-25(18-35-29)21-7-3-2-4-8-21/h2-15,17-18H,16H2,1H3,(H,30,32)/b13-11+. The predicted octanol–water partition coefficient (Wildman–Crippen LogP) is 6.22. The van der Waals surface area contributed by atoms with Gasteiger partial charge in [0.2, 0.25) is 5.91 Å². The summed E-state index contributed by atoms with van der Waals surface area (Å²) in [5.41, 5.74) is 5.66. The summed E-state index contributed by atoms with van der Waals surface area (Å²) in [6, 6.07) is 23.5. The van der Waals surface area contributed by atoms with E-state index in [1.165, 1.54) is 18.4 Å². The van der Waals surface area contributed by atoms with Crippen molar-refractivity contribution >= 4 is 34.3 Å². The number of aryl methyl sites for hydroxylation is 1. The minimum atomic E-state index is -0.292. The van der Waals surface area contributed by atoms with Gasteiger partial charge in [-0.2, -0.15) is 0 Å². The zero-order valence-corrected chi connectivity index (χ0v) is 19.8. The van der Waals surface area contributed by atoms with Crippen LogP contribution >= 0.6 is 11.3 Å². The lowest BCUT2D eigenvalue weighted by Crippen LogP contribution is -2.20. The highest BCUT2D eigenvalue weighted by Gasteiger charge is 2.08. The molecule has 0 aliphatic heterocycles. The third kappa shape index (κ3) is 5.13. The van der Waals surface area contributed by atoms with Crippen LogP contribution < -0.4 is 10.7 Å². The molecule has 1 amide bonds. The van der Waals surface area contributed by atoms with E-state index in [2.05, 4.69) is 10.7 Å². The quantitative estimate of drug-likeness (QED) is 0.294. The van der Waals surface area contributed by atoms with E-state index in [0.717, 1.165) is 33.0 Å². The number of nitrogens with zero attached hydrogens (tertiary/aromatic N) is 1. The van der Waals surface area contributed by atoms with Crippen molar-refractivity contribution in [3.63, 3.8) is 0 Å². The van der Waals surface area contributed by atoms with Gasteiger partial charge in [-0.3, -0.25) is 9.59 Å². The van der Waals surface area contributed by atoms with Gasteiger partial charge in [0.15, 0.2) is 5.43 Å². The molecule has 6 heteroatoms. The summed E-state index contributed by atoms with van der Waals surface area (Å²) in [5, 5.41) is 6.35. The minimum absolute atomic E-state index is 0.162. The van der Waals surface area contributed by atoms with Crippen LogP contribution in [-0.2, 0) is 11.3 Å². The Labute approximate surface area is 206 Å². The van der Waals surface area contributed by atoms with Crippen molar-refractivity contribution < 1.29 is 9.21 Å². The molecule has 35 heavy (non-hydrogen) atoms. The lowest BCUT2D eigenvalue weighted by molar-refractivity contribution is -0.116. The van der Waals surface area contributed by atoms with Crippen LogP contribution in [0.15, 0.2) is 99.7 Å². The Hall–Kier alpha value is -4.29. The van der Waals surface area contributed by atoms with Crippen LogP contribution in [-0.4, -0.2) is 10.9 Å². The van der Waals surface area contributed by atoms with E-state index in [-0.39, 0.29) is 11.3 Å². The highest BCUT2D eigenvalue weighted by Crippen LogP contribution is 2.29. The Bertz CT molecular complexity index is 1600. The fraction of sp³-hybridized carbons (Fsp3) is 0.0690. The summed E-state index contributed by atoms with van der Waals surface area (Å²) in [7, 11) is 0. The Balaban J connectivity index is 1.26. The molecule has 5 aromatic rings. The number of thiazole rings is 1. The number of nitrogens with one attached hydrogen (secondary N) is 1. The molecule has 172 valence electrons. The number of hydrogen-bond donors (Lipinski definition) is 1. The molecule has 0 saturated heterocycles. The number of carbonyl (C=O) groups is 1. The summed E-state index contributed by atoms with van der Waals surface area (Å²) in [5.74, 6) is -0.292. The Kier molecular flexibility index (Phi) is 6.37. The Morgan fingerprint density at radius 1 is 1.03 bits per heavy atom. The Morgan fingerprint density at radius 3 is 2.71 bits per heavy atom. The fourth-order valence-electron chi connectivity index (χ4n) is 3.75. The molecule has 0 bridgehead atoms. The second-order valence-corrected chi connectivity index (χ2v) is 9.03. The number of benzene rings is 3. The van der Waals surface area contributed by atoms with Gasteiger partial charge >= 0.3 is 0 Å². The van der Waals surface area contributed by atoms with E-state index in [1.807, 2.05) is 67.6 Å². The zero-order chi connectivity index (χ0) is 24.2.